The van der Waals surface area contributed by atoms with Crippen molar-refractivity contribution in [3.8, 4) is 0 Å². The van der Waals surface area contributed by atoms with Gasteiger partial charge in [-0.25, -0.2) is 9.96 Å². The summed E-state index contributed by atoms with van der Waals surface area (Å²) in [6, 6.07) is 21.8. The van der Waals surface area contributed by atoms with E-state index in [1.54, 1.807) is 5.06 Å². The first-order chi connectivity index (χ1) is 15.4. The van der Waals surface area contributed by atoms with Gasteiger partial charge in [-0.1, -0.05) is 48.5 Å². The molecule has 2 amide bonds. The topological polar surface area (TPSA) is 49.9 Å². The number of fused-ring (bicyclic) bond motifs is 1. The first-order valence-electron chi connectivity index (χ1n) is 9.97. The second kappa shape index (κ2) is 7.49. The van der Waals surface area contributed by atoms with Crippen molar-refractivity contribution in [3.05, 3.63) is 96.1 Å². The lowest BCUT2D eigenvalue weighted by molar-refractivity contribution is -0.137. The Hall–Kier alpha value is -3.65. The number of rotatable bonds is 3. The third kappa shape index (κ3) is 3.23. The van der Waals surface area contributed by atoms with Crippen molar-refractivity contribution >= 4 is 23.2 Å². The average Bonchev–Trinajstić information content (AvgIpc) is 3.31. The number of nitrogens with zero attached hydrogens (tertiary/aromatic N) is 2. The van der Waals surface area contributed by atoms with E-state index in [-0.39, 0.29) is 5.69 Å². The summed E-state index contributed by atoms with van der Waals surface area (Å²) < 4.78 is 38.7. The Morgan fingerprint density at radius 1 is 0.719 bits per heavy atom. The van der Waals surface area contributed by atoms with E-state index in [4.69, 9.17) is 4.84 Å². The minimum atomic E-state index is -4.51. The van der Waals surface area contributed by atoms with Gasteiger partial charge in [0, 0.05) is 0 Å². The summed E-state index contributed by atoms with van der Waals surface area (Å²) in [6.07, 6.45) is -5.58. The fourth-order valence-corrected chi connectivity index (χ4v) is 4.26. The Balaban J connectivity index is 1.53. The van der Waals surface area contributed by atoms with Crippen LogP contribution in [0.15, 0.2) is 84.9 Å². The van der Waals surface area contributed by atoms with E-state index in [2.05, 4.69) is 0 Å². The van der Waals surface area contributed by atoms with Crippen LogP contribution < -0.4 is 9.96 Å². The maximum atomic E-state index is 13.4. The number of anilines is 2. The number of hydrogen-bond donors (Lipinski definition) is 0. The summed E-state index contributed by atoms with van der Waals surface area (Å²) in [5.41, 5.74) is 0.718. The van der Waals surface area contributed by atoms with Gasteiger partial charge in [0.05, 0.1) is 23.0 Å². The zero-order chi connectivity index (χ0) is 22.5. The van der Waals surface area contributed by atoms with Gasteiger partial charge in [-0.2, -0.15) is 13.2 Å². The Morgan fingerprint density at radius 2 is 1.31 bits per heavy atom. The highest BCUT2D eigenvalue weighted by molar-refractivity contribution is 6.23. The molecule has 8 heteroatoms. The minimum absolute atomic E-state index is 0.0871. The monoisotopic (exact) mass is 438 g/mol. The molecule has 2 fully saturated rings. The third-order valence-corrected chi connectivity index (χ3v) is 5.72. The lowest BCUT2D eigenvalue weighted by atomic mass is 9.90. The highest BCUT2D eigenvalue weighted by Crippen LogP contribution is 2.47. The van der Waals surface area contributed by atoms with E-state index < -0.39 is 41.6 Å². The van der Waals surface area contributed by atoms with Crippen LogP contribution >= 0.6 is 0 Å². The Labute approximate surface area is 181 Å². The van der Waals surface area contributed by atoms with Gasteiger partial charge in [-0.15, -0.1) is 0 Å². The number of hydrogen-bond acceptors (Lipinski definition) is 4. The molecular formula is C24H17F3N2O3. The largest absolute Gasteiger partial charge is 0.416 e. The van der Waals surface area contributed by atoms with Gasteiger partial charge in [-0.3, -0.25) is 14.4 Å². The molecule has 0 radical (unpaired) electrons. The number of benzene rings is 3. The summed E-state index contributed by atoms with van der Waals surface area (Å²) in [4.78, 5) is 33.5. The predicted molar refractivity (Wildman–Crippen MR) is 110 cm³/mol. The van der Waals surface area contributed by atoms with Crippen LogP contribution in [-0.4, -0.2) is 17.9 Å². The lowest BCUT2D eigenvalue weighted by Crippen LogP contribution is -2.37. The molecule has 3 atom stereocenters. The van der Waals surface area contributed by atoms with Crippen LogP contribution in [-0.2, 0) is 20.6 Å². The van der Waals surface area contributed by atoms with Crippen molar-refractivity contribution in [1.29, 1.82) is 0 Å². The van der Waals surface area contributed by atoms with E-state index >= 15 is 0 Å². The number of alkyl halides is 3. The van der Waals surface area contributed by atoms with Gasteiger partial charge in [0.2, 0.25) is 5.91 Å². The molecule has 2 saturated heterocycles. The van der Waals surface area contributed by atoms with Crippen LogP contribution in [0.2, 0.25) is 0 Å². The van der Waals surface area contributed by atoms with Crippen molar-refractivity contribution in [1.82, 2.24) is 0 Å². The van der Waals surface area contributed by atoms with Gasteiger partial charge in [0.1, 0.15) is 5.92 Å². The van der Waals surface area contributed by atoms with Crippen LogP contribution in [0.3, 0.4) is 0 Å². The van der Waals surface area contributed by atoms with E-state index in [1.807, 2.05) is 60.7 Å². The summed E-state index contributed by atoms with van der Waals surface area (Å²) in [6.45, 7) is 0. The Bertz CT molecular complexity index is 1150. The lowest BCUT2D eigenvalue weighted by Gasteiger charge is -2.28. The van der Waals surface area contributed by atoms with Crippen LogP contribution in [0.25, 0.3) is 0 Å². The van der Waals surface area contributed by atoms with Crippen molar-refractivity contribution in [2.24, 2.45) is 5.92 Å². The van der Waals surface area contributed by atoms with Gasteiger partial charge >= 0.3 is 6.18 Å². The summed E-state index contributed by atoms with van der Waals surface area (Å²) in [5, 5.41) is 1.57. The molecular weight excluding hydrogens is 421 g/mol. The van der Waals surface area contributed by atoms with Crippen molar-refractivity contribution in [2.75, 3.05) is 9.96 Å². The van der Waals surface area contributed by atoms with Crippen molar-refractivity contribution in [2.45, 2.75) is 18.3 Å². The van der Waals surface area contributed by atoms with Crippen LogP contribution in [0.1, 0.15) is 17.2 Å². The number of carbonyl (C=O) groups excluding carboxylic acids is 2. The van der Waals surface area contributed by atoms with Crippen LogP contribution in [0.5, 0.6) is 0 Å². The molecule has 3 aromatic carbocycles. The summed E-state index contributed by atoms with van der Waals surface area (Å²) >= 11 is 0. The SMILES string of the molecule is O=C1C2ON(c3ccccc3)C(c3ccccc3)C2C(=O)N1c1ccc(C(F)(F)F)cc1. The average molecular weight is 438 g/mol. The highest BCUT2D eigenvalue weighted by Gasteiger charge is 2.60. The predicted octanol–water partition coefficient (Wildman–Crippen LogP) is 4.76. The van der Waals surface area contributed by atoms with E-state index in [0.29, 0.717) is 5.69 Å². The second-order valence-electron chi connectivity index (χ2n) is 7.63. The van der Waals surface area contributed by atoms with Gasteiger partial charge in [0.25, 0.3) is 5.91 Å². The number of carbonyl (C=O) groups is 2. The number of imide groups is 1. The molecule has 0 bridgehead atoms. The molecule has 3 unspecified atom stereocenters. The number of para-hydroxylation sites is 1. The maximum Gasteiger partial charge on any atom is 0.416 e. The molecule has 0 aromatic heterocycles. The zero-order valence-electron chi connectivity index (χ0n) is 16.6. The minimum Gasteiger partial charge on any atom is -0.273 e. The number of halogens is 3. The Morgan fingerprint density at radius 3 is 1.91 bits per heavy atom. The highest BCUT2D eigenvalue weighted by atomic mass is 19.4. The van der Waals surface area contributed by atoms with Crippen LogP contribution in [0.4, 0.5) is 24.5 Å². The number of hydroxylamine groups is 1. The van der Waals surface area contributed by atoms with Crippen molar-refractivity contribution in [3.63, 3.8) is 0 Å². The first-order valence-corrected chi connectivity index (χ1v) is 9.97. The third-order valence-electron chi connectivity index (χ3n) is 5.72. The number of amides is 2. The molecule has 2 aliphatic heterocycles. The van der Waals surface area contributed by atoms with Gasteiger partial charge in [-0.05, 0) is 42.0 Å². The molecule has 5 rings (SSSR count). The fraction of sp³-hybridized carbons (Fsp3) is 0.167. The molecule has 32 heavy (non-hydrogen) atoms. The van der Waals surface area contributed by atoms with Gasteiger partial charge < -0.3 is 0 Å². The van der Waals surface area contributed by atoms with E-state index in [1.165, 1.54) is 0 Å². The molecule has 5 nitrogen and oxygen atoms in total. The summed E-state index contributed by atoms with van der Waals surface area (Å²) in [7, 11) is 0. The molecule has 2 heterocycles. The first kappa shape index (κ1) is 20.3. The standard InChI is InChI=1S/C24H17F3N2O3/c25-24(26,27)16-11-13-17(14-12-16)28-22(30)19-20(15-7-3-1-4-8-15)29(32-21(19)23(28)31)18-9-5-2-6-10-18/h1-14,19-21H. The quantitative estimate of drug-likeness (QED) is 0.554. The molecule has 0 saturated carbocycles. The molecule has 162 valence electrons. The summed E-state index contributed by atoms with van der Waals surface area (Å²) in [5.74, 6) is -1.95. The molecule has 0 spiro atoms. The normalized spacial score (nSPS) is 23.0. The molecule has 3 aromatic rings. The molecule has 0 N–H and O–H groups in total. The smallest absolute Gasteiger partial charge is 0.273 e. The van der Waals surface area contributed by atoms with E-state index in [9.17, 15) is 22.8 Å². The van der Waals surface area contributed by atoms with Crippen LogP contribution in [0, 0.1) is 5.92 Å². The van der Waals surface area contributed by atoms with Gasteiger partial charge in [0.15, 0.2) is 6.10 Å². The molecule has 0 aliphatic carbocycles. The van der Waals surface area contributed by atoms with E-state index in [0.717, 1.165) is 34.7 Å². The Kier molecular flexibility index (Phi) is 4.74. The van der Waals surface area contributed by atoms with Crippen molar-refractivity contribution < 1.29 is 27.6 Å². The fourth-order valence-electron chi connectivity index (χ4n) is 4.26. The maximum absolute atomic E-state index is 13.4. The second-order valence-corrected chi connectivity index (χ2v) is 7.63. The zero-order valence-corrected chi connectivity index (χ0v) is 16.6. The molecule has 2 aliphatic rings.